The van der Waals surface area contributed by atoms with Gasteiger partial charge in [0.25, 0.3) is 11.8 Å². The van der Waals surface area contributed by atoms with Gasteiger partial charge in [-0.25, -0.2) is 14.9 Å². The lowest BCUT2D eigenvalue weighted by atomic mass is 9.93. The first-order valence-electron chi connectivity index (χ1n) is 12.0. The Hall–Kier alpha value is -4.58. The predicted octanol–water partition coefficient (Wildman–Crippen LogP) is 6.51. The van der Waals surface area contributed by atoms with Crippen LogP contribution in [0.4, 0.5) is 11.6 Å². The van der Waals surface area contributed by atoms with Crippen molar-refractivity contribution < 1.29 is 9.59 Å². The Kier molecular flexibility index (Phi) is 5.22. The van der Waals surface area contributed by atoms with Crippen LogP contribution in [-0.2, 0) is 0 Å². The van der Waals surface area contributed by atoms with Crippen LogP contribution in [0.1, 0.15) is 41.0 Å². The first kappa shape index (κ1) is 21.9. The molecule has 1 aliphatic heterocycles. The SMILES string of the molecule is CC1=C(N2C(=O)c3ccc(Nc4nc(-c5ccccc5)c5ccccc5n4)cc3C2=O)C(C)CC=C1. The molecule has 6 heteroatoms. The summed E-state index contributed by atoms with van der Waals surface area (Å²) in [7, 11) is 0. The minimum absolute atomic E-state index is 0.0946. The molecular formula is C30H24N4O2. The highest BCUT2D eigenvalue weighted by Gasteiger charge is 2.40. The third-order valence-electron chi connectivity index (χ3n) is 6.76. The van der Waals surface area contributed by atoms with Gasteiger partial charge in [0.2, 0.25) is 5.95 Å². The molecule has 1 aromatic heterocycles. The summed E-state index contributed by atoms with van der Waals surface area (Å²) in [5.74, 6) is -0.0473. The predicted molar refractivity (Wildman–Crippen MR) is 141 cm³/mol. The Morgan fingerprint density at radius 2 is 1.64 bits per heavy atom. The largest absolute Gasteiger partial charge is 0.324 e. The fourth-order valence-corrected chi connectivity index (χ4v) is 5.05. The fraction of sp³-hybridized carbons (Fsp3) is 0.133. The van der Waals surface area contributed by atoms with Crippen molar-refractivity contribution in [1.82, 2.24) is 14.9 Å². The third kappa shape index (κ3) is 3.58. The summed E-state index contributed by atoms with van der Waals surface area (Å²) >= 11 is 0. The number of para-hydroxylation sites is 1. The Morgan fingerprint density at radius 3 is 2.44 bits per heavy atom. The van der Waals surface area contributed by atoms with E-state index in [1.54, 1.807) is 18.2 Å². The summed E-state index contributed by atoms with van der Waals surface area (Å²) in [6.45, 7) is 3.99. The zero-order valence-electron chi connectivity index (χ0n) is 20.0. The molecule has 4 aromatic rings. The molecule has 36 heavy (non-hydrogen) atoms. The molecule has 1 N–H and O–H groups in total. The Morgan fingerprint density at radius 1 is 0.889 bits per heavy atom. The van der Waals surface area contributed by atoms with Crippen LogP contribution in [0.25, 0.3) is 22.2 Å². The lowest BCUT2D eigenvalue weighted by molar-refractivity contribution is 0.0687. The smallest absolute Gasteiger partial charge is 0.265 e. The summed E-state index contributed by atoms with van der Waals surface area (Å²) in [5.41, 5.74) is 5.80. The number of imide groups is 1. The van der Waals surface area contributed by atoms with Crippen LogP contribution >= 0.6 is 0 Å². The molecule has 0 radical (unpaired) electrons. The van der Waals surface area contributed by atoms with E-state index in [1.807, 2.05) is 74.5 Å². The van der Waals surface area contributed by atoms with Crippen molar-refractivity contribution >= 4 is 34.4 Å². The third-order valence-corrected chi connectivity index (χ3v) is 6.76. The number of amides is 2. The number of allylic oxidation sites excluding steroid dienone is 4. The topological polar surface area (TPSA) is 75.2 Å². The number of rotatable bonds is 4. The monoisotopic (exact) mass is 472 g/mol. The molecule has 0 saturated heterocycles. The molecule has 1 atom stereocenters. The fourth-order valence-electron chi connectivity index (χ4n) is 5.05. The molecule has 3 aromatic carbocycles. The molecule has 0 fully saturated rings. The molecule has 2 amide bonds. The zero-order valence-corrected chi connectivity index (χ0v) is 20.0. The summed E-state index contributed by atoms with van der Waals surface area (Å²) in [6.07, 6.45) is 4.86. The van der Waals surface area contributed by atoms with Gasteiger partial charge in [-0.1, -0.05) is 67.6 Å². The number of aromatic nitrogens is 2. The van der Waals surface area contributed by atoms with E-state index >= 15 is 0 Å². The van der Waals surface area contributed by atoms with Gasteiger partial charge in [-0.15, -0.1) is 0 Å². The molecule has 1 unspecified atom stereocenters. The van der Waals surface area contributed by atoms with Crippen molar-refractivity contribution in [3.05, 3.63) is 107 Å². The minimum Gasteiger partial charge on any atom is -0.324 e. The normalized spacial score (nSPS) is 17.2. The molecular weight excluding hydrogens is 448 g/mol. The number of carbonyl (C=O) groups excluding carboxylic acids is 2. The van der Waals surface area contributed by atoms with Gasteiger partial charge in [0.05, 0.1) is 22.3 Å². The van der Waals surface area contributed by atoms with Crippen LogP contribution in [0.15, 0.2) is 96.2 Å². The zero-order chi connectivity index (χ0) is 24.8. The van der Waals surface area contributed by atoms with Gasteiger partial charge >= 0.3 is 0 Å². The van der Waals surface area contributed by atoms with Gasteiger partial charge in [-0.3, -0.25) is 9.59 Å². The molecule has 2 heterocycles. The van der Waals surface area contributed by atoms with Crippen molar-refractivity contribution in [2.24, 2.45) is 5.92 Å². The van der Waals surface area contributed by atoms with Gasteiger partial charge in [0.15, 0.2) is 0 Å². The van der Waals surface area contributed by atoms with Crippen molar-refractivity contribution in [1.29, 1.82) is 0 Å². The number of nitrogens with zero attached hydrogens (tertiary/aromatic N) is 3. The highest BCUT2D eigenvalue weighted by atomic mass is 16.2. The van der Waals surface area contributed by atoms with Crippen LogP contribution in [0.5, 0.6) is 0 Å². The lowest BCUT2D eigenvalue weighted by Crippen LogP contribution is -2.33. The second kappa shape index (κ2) is 8.57. The van der Waals surface area contributed by atoms with Crippen molar-refractivity contribution in [3.63, 3.8) is 0 Å². The van der Waals surface area contributed by atoms with Crippen molar-refractivity contribution in [2.45, 2.75) is 20.3 Å². The highest BCUT2D eigenvalue weighted by molar-refractivity contribution is 6.23. The van der Waals surface area contributed by atoms with Gasteiger partial charge in [-0.2, -0.15) is 0 Å². The molecule has 6 nitrogen and oxygen atoms in total. The van der Waals surface area contributed by atoms with E-state index in [4.69, 9.17) is 9.97 Å². The molecule has 1 aliphatic carbocycles. The van der Waals surface area contributed by atoms with Gasteiger partial charge < -0.3 is 5.32 Å². The van der Waals surface area contributed by atoms with Crippen LogP contribution in [-0.4, -0.2) is 26.7 Å². The molecule has 0 bridgehead atoms. The Balaban J connectivity index is 1.37. The van der Waals surface area contributed by atoms with E-state index in [0.29, 0.717) is 22.8 Å². The summed E-state index contributed by atoms with van der Waals surface area (Å²) in [5, 5.41) is 4.21. The van der Waals surface area contributed by atoms with Gasteiger partial charge in [-0.05, 0) is 43.2 Å². The highest BCUT2D eigenvalue weighted by Crippen LogP contribution is 2.36. The summed E-state index contributed by atoms with van der Waals surface area (Å²) in [6, 6.07) is 23.1. The Bertz CT molecular complexity index is 1600. The maximum atomic E-state index is 13.4. The molecule has 176 valence electrons. The average Bonchev–Trinajstić information content (AvgIpc) is 3.13. The van der Waals surface area contributed by atoms with Crippen LogP contribution < -0.4 is 5.32 Å². The number of carbonyl (C=O) groups is 2. The number of hydrogen-bond donors (Lipinski definition) is 1. The van der Waals surface area contributed by atoms with E-state index in [-0.39, 0.29) is 17.7 Å². The molecule has 2 aliphatic rings. The summed E-state index contributed by atoms with van der Waals surface area (Å²) < 4.78 is 0. The van der Waals surface area contributed by atoms with E-state index in [1.165, 1.54) is 4.90 Å². The van der Waals surface area contributed by atoms with Gasteiger partial charge in [0.1, 0.15) is 0 Å². The average molecular weight is 473 g/mol. The maximum absolute atomic E-state index is 13.4. The van der Waals surface area contributed by atoms with E-state index < -0.39 is 0 Å². The van der Waals surface area contributed by atoms with Crippen LogP contribution in [0, 0.1) is 5.92 Å². The molecule has 0 spiro atoms. The maximum Gasteiger partial charge on any atom is 0.265 e. The lowest BCUT2D eigenvalue weighted by Gasteiger charge is -2.27. The summed E-state index contributed by atoms with van der Waals surface area (Å²) in [4.78, 5) is 37.5. The second-order valence-corrected chi connectivity index (χ2v) is 9.22. The standard InChI is InChI=1S/C30H24N4O2/c1-18-9-8-10-19(2)27(18)34-28(35)22-16-15-21(17-24(22)29(34)36)31-30-32-25-14-7-6-13-23(25)26(33-30)20-11-4-3-5-12-20/h3-9,11-17,19H,10H2,1-2H3,(H,31,32,33). The number of fused-ring (bicyclic) bond motifs is 2. The first-order chi connectivity index (χ1) is 17.5. The minimum atomic E-state index is -0.292. The van der Waals surface area contributed by atoms with E-state index in [0.717, 1.165) is 39.9 Å². The number of benzene rings is 3. The number of nitrogens with one attached hydrogen (secondary N) is 1. The first-order valence-corrected chi connectivity index (χ1v) is 12.0. The quantitative estimate of drug-likeness (QED) is 0.343. The second-order valence-electron chi connectivity index (χ2n) is 9.22. The van der Waals surface area contributed by atoms with Crippen molar-refractivity contribution in [3.8, 4) is 11.3 Å². The number of hydrogen-bond acceptors (Lipinski definition) is 5. The van der Waals surface area contributed by atoms with Crippen LogP contribution in [0.3, 0.4) is 0 Å². The molecule has 0 saturated carbocycles. The number of anilines is 2. The van der Waals surface area contributed by atoms with Crippen molar-refractivity contribution in [2.75, 3.05) is 5.32 Å². The van der Waals surface area contributed by atoms with E-state index in [9.17, 15) is 9.59 Å². The van der Waals surface area contributed by atoms with E-state index in [2.05, 4.69) is 11.4 Å². The molecule has 6 rings (SSSR count). The Labute approximate surface area is 209 Å². The van der Waals surface area contributed by atoms with Crippen LogP contribution in [0.2, 0.25) is 0 Å². The van der Waals surface area contributed by atoms with Gasteiger partial charge in [0, 0.05) is 28.3 Å².